The standard InChI is InChI=1S/C47H54FN5O6Si/c1-31-43(60(3,4)48)41(26-42(55)50-28-34-13-9-8-12-33(34)24-37(50)29-54)59-47(31)39-25-38(58-2)17-18-40(39)51(45(47)57)27-32-11-10-16-36(23-32)52-30-53(35-14-6-5-7-15-35)46(44(52)56)19-21-49-22-20-46/h5-18,23,25,31,37,41,43,49,54H,19-22,24,26-30H2,1-4H3/t31-,37+,41+,43-,47+/m1/s1. The van der Waals surface area contributed by atoms with Crippen molar-refractivity contribution in [1.82, 2.24) is 10.2 Å². The number of nitrogens with zero attached hydrogens (tertiary/aromatic N) is 4. The predicted molar refractivity (Wildman–Crippen MR) is 231 cm³/mol. The molecule has 5 atom stereocenters. The second-order valence-electron chi connectivity index (χ2n) is 17.7. The van der Waals surface area contributed by atoms with Gasteiger partial charge in [0.05, 0.1) is 51.2 Å². The fraction of sp³-hybridized carbons (Fsp3) is 0.426. The van der Waals surface area contributed by atoms with E-state index in [-0.39, 0.29) is 37.3 Å². The van der Waals surface area contributed by atoms with E-state index >= 15 is 8.90 Å². The van der Waals surface area contributed by atoms with E-state index in [1.807, 2.05) is 96.8 Å². The highest BCUT2D eigenvalue weighted by Crippen LogP contribution is 2.61. The number of carbonyl (C=O) groups excluding carboxylic acids is 3. The smallest absolute Gasteiger partial charge is 0.264 e. The number of aliphatic hydroxyl groups is 1. The van der Waals surface area contributed by atoms with Gasteiger partial charge in [-0.2, -0.15) is 0 Å². The van der Waals surface area contributed by atoms with Crippen molar-refractivity contribution in [2.75, 3.05) is 48.2 Å². The molecule has 0 unspecified atom stereocenters. The molecule has 0 aromatic heterocycles. The number of fused-ring (bicyclic) bond motifs is 3. The van der Waals surface area contributed by atoms with Crippen LogP contribution in [0, 0.1) is 5.92 Å². The molecule has 2 N–H and O–H groups in total. The fourth-order valence-electron chi connectivity index (χ4n) is 11.0. The molecule has 0 saturated carbocycles. The highest BCUT2D eigenvalue weighted by atomic mass is 28.4. The third-order valence-electron chi connectivity index (χ3n) is 13.9. The van der Waals surface area contributed by atoms with Crippen LogP contribution in [0.4, 0.5) is 21.2 Å². The maximum Gasteiger partial charge on any atom is 0.264 e. The quantitative estimate of drug-likeness (QED) is 0.150. The first-order valence-electron chi connectivity index (χ1n) is 21.2. The zero-order valence-electron chi connectivity index (χ0n) is 34.8. The van der Waals surface area contributed by atoms with E-state index in [0.29, 0.717) is 49.5 Å². The van der Waals surface area contributed by atoms with Crippen LogP contribution in [0.25, 0.3) is 0 Å². The number of halogens is 1. The van der Waals surface area contributed by atoms with Crippen molar-refractivity contribution in [3.8, 4) is 5.75 Å². The number of anilines is 3. The van der Waals surface area contributed by atoms with Crippen LogP contribution >= 0.6 is 0 Å². The van der Waals surface area contributed by atoms with E-state index in [1.165, 1.54) is 0 Å². The van der Waals surface area contributed by atoms with Gasteiger partial charge in [0.2, 0.25) is 14.3 Å². The monoisotopic (exact) mass is 831 g/mol. The number of aliphatic hydroxyl groups excluding tert-OH is 1. The lowest BCUT2D eigenvalue weighted by atomic mass is 9.82. The second-order valence-corrected chi connectivity index (χ2v) is 21.5. The van der Waals surface area contributed by atoms with Gasteiger partial charge in [-0.3, -0.25) is 19.3 Å². The molecule has 2 spiro atoms. The summed E-state index contributed by atoms with van der Waals surface area (Å²) in [6.07, 6.45) is 0.915. The number of benzene rings is 4. The van der Waals surface area contributed by atoms with Gasteiger partial charge in [0, 0.05) is 34.9 Å². The van der Waals surface area contributed by atoms with Gasteiger partial charge < -0.3 is 38.7 Å². The molecule has 0 aliphatic carbocycles. The lowest BCUT2D eigenvalue weighted by Gasteiger charge is -2.39. The van der Waals surface area contributed by atoms with Crippen molar-refractivity contribution in [2.24, 2.45) is 5.92 Å². The topological polar surface area (TPSA) is 115 Å². The summed E-state index contributed by atoms with van der Waals surface area (Å²) >= 11 is 0. The number of hydrogen-bond acceptors (Lipinski definition) is 8. The van der Waals surface area contributed by atoms with Crippen LogP contribution in [-0.4, -0.2) is 87.3 Å². The molecule has 5 aliphatic heterocycles. The first-order valence-corrected chi connectivity index (χ1v) is 24.1. The van der Waals surface area contributed by atoms with Crippen LogP contribution in [0.3, 0.4) is 0 Å². The molecule has 3 amide bonds. The van der Waals surface area contributed by atoms with Gasteiger partial charge in [-0.25, -0.2) is 0 Å². The minimum absolute atomic E-state index is 0.0653. The Morgan fingerprint density at radius 2 is 1.65 bits per heavy atom. The normalized spacial score (nSPS) is 26.0. The maximum atomic E-state index is 16.8. The Hall–Kier alpha value is -5.08. The summed E-state index contributed by atoms with van der Waals surface area (Å²) in [5.41, 5.74) is 3.00. The van der Waals surface area contributed by atoms with Crippen molar-refractivity contribution in [1.29, 1.82) is 0 Å². The molecule has 0 radical (unpaired) electrons. The Morgan fingerprint density at radius 1 is 0.933 bits per heavy atom. The number of nitrogens with one attached hydrogen (secondary N) is 1. The molecular weight excluding hydrogens is 778 g/mol. The number of para-hydroxylation sites is 1. The summed E-state index contributed by atoms with van der Waals surface area (Å²) in [6.45, 7) is 7.37. The summed E-state index contributed by atoms with van der Waals surface area (Å²) in [5, 5.41) is 13.8. The van der Waals surface area contributed by atoms with Crippen LogP contribution < -0.4 is 24.8 Å². The third-order valence-corrected chi connectivity index (χ3v) is 16.4. The molecule has 5 heterocycles. The van der Waals surface area contributed by atoms with Gasteiger partial charge in [0.15, 0.2) is 5.60 Å². The van der Waals surface area contributed by atoms with Crippen LogP contribution in [0.1, 0.15) is 48.4 Å². The fourth-order valence-corrected chi connectivity index (χ4v) is 13.5. The molecule has 13 heteroatoms. The Labute approximate surface area is 352 Å². The van der Waals surface area contributed by atoms with E-state index in [9.17, 15) is 14.7 Å². The first-order chi connectivity index (χ1) is 28.9. The zero-order valence-corrected chi connectivity index (χ0v) is 35.8. The van der Waals surface area contributed by atoms with Gasteiger partial charge in [0.25, 0.3) is 11.8 Å². The van der Waals surface area contributed by atoms with Crippen LogP contribution in [0.2, 0.25) is 18.6 Å². The third kappa shape index (κ3) is 6.52. The second kappa shape index (κ2) is 15.4. The molecule has 0 bridgehead atoms. The molecule has 4 aromatic carbocycles. The number of piperidine rings is 1. The zero-order chi connectivity index (χ0) is 42.0. The summed E-state index contributed by atoms with van der Waals surface area (Å²) in [6, 6.07) is 30.9. The SMILES string of the molecule is COc1ccc2c(c1)[C@]1(O[C@@H](CC(=O)N3Cc4ccccc4C[C@H]3CO)[C@H]([Si](C)(C)F)[C@H]1C)C(=O)N2Cc1cccc(N2CN(c3ccccc3)C3(CCNCC3)C2=O)c1. The van der Waals surface area contributed by atoms with Gasteiger partial charge >= 0.3 is 0 Å². The van der Waals surface area contributed by atoms with Gasteiger partial charge in [-0.05, 0) is 105 Å². The molecule has 3 fully saturated rings. The van der Waals surface area contributed by atoms with Crippen molar-refractivity contribution in [3.63, 3.8) is 0 Å². The van der Waals surface area contributed by atoms with Crippen molar-refractivity contribution >= 4 is 43.2 Å². The molecule has 5 aliphatic rings. The highest BCUT2D eigenvalue weighted by Gasteiger charge is 2.67. The summed E-state index contributed by atoms with van der Waals surface area (Å²) in [7, 11) is -2.02. The predicted octanol–water partition coefficient (Wildman–Crippen LogP) is 6.29. The Balaban J connectivity index is 1.03. The minimum atomic E-state index is -3.58. The summed E-state index contributed by atoms with van der Waals surface area (Å²) < 4.78 is 29.4. The Morgan fingerprint density at radius 3 is 2.37 bits per heavy atom. The Bertz CT molecular complexity index is 2300. The molecule has 9 rings (SSSR count). The molecule has 314 valence electrons. The van der Waals surface area contributed by atoms with Gasteiger partial charge in [0.1, 0.15) is 11.3 Å². The van der Waals surface area contributed by atoms with E-state index in [2.05, 4.69) is 22.3 Å². The number of rotatable bonds is 9. The average Bonchev–Trinajstić information content (AvgIpc) is 3.80. The van der Waals surface area contributed by atoms with Crippen LogP contribution in [0.5, 0.6) is 5.75 Å². The molecule has 3 saturated heterocycles. The van der Waals surface area contributed by atoms with Crippen molar-refractivity contribution in [3.05, 3.63) is 119 Å². The number of carbonyl (C=O) groups is 3. The number of methoxy groups -OCH3 is 1. The van der Waals surface area contributed by atoms with Crippen LogP contribution in [-0.2, 0) is 44.2 Å². The lowest BCUT2D eigenvalue weighted by molar-refractivity contribution is -0.151. The minimum Gasteiger partial charge on any atom is -0.497 e. The number of ether oxygens (including phenoxy) is 2. The largest absolute Gasteiger partial charge is 0.497 e. The van der Waals surface area contributed by atoms with E-state index < -0.39 is 43.2 Å². The van der Waals surface area contributed by atoms with Crippen molar-refractivity contribution < 1.29 is 33.1 Å². The van der Waals surface area contributed by atoms with E-state index in [1.54, 1.807) is 30.0 Å². The summed E-state index contributed by atoms with van der Waals surface area (Å²) in [5.74, 6) is -0.563. The molecular formula is C47H54FN5O6Si. The van der Waals surface area contributed by atoms with Crippen LogP contribution in [0.15, 0.2) is 97.1 Å². The number of amides is 3. The summed E-state index contributed by atoms with van der Waals surface area (Å²) in [4.78, 5) is 51.6. The van der Waals surface area contributed by atoms with E-state index in [4.69, 9.17) is 9.47 Å². The van der Waals surface area contributed by atoms with E-state index in [0.717, 1.165) is 41.2 Å². The van der Waals surface area contributed by atoms with Crippen molar-refractivity contribution in [2.45, 2.75) is 87.6 Å². The molecule has 4 aromatic rings. The average molecular weight is 832 g/mol. The van der Waals surface area contributed by atoms with Gasteiger partial charge in [-0.15, -0.1) is 0 Å². The Kier molecular flexibility index (Phi) is 10.4. The number of hydrogen-bond donors (Lipinski definition) is 2. The lowest BCUT2D eigenvalue weighted by Crippen LogP contribution is -2.55. The van der Waals surface area contributed by atoms with Gasteiger partial charge in [-0.1, -0.05) is 61.5 Å². The first kappa shape index (κ1) is 40.3. The maximum absolute atomic E-state index is 16.8. The highest BCUT2D eigenvalue weighted by molar-refractivity contribution is 6.72. The molecule has 11 nitrogen and oxygen atoms in total. The molecule has 60 heavy (non-hydrogen) atoms.